The maximum absolute atomic E-state index is 12.5. The summed E-state index contributed by atoms with van der Waals surface area (Å²) in [4.78, 5) is 53.2. The summed E-state index contributed by atoms with van der Waals surface area (Å²) >= 11 is 1.25. The minimum absolute atomic E-state index is 0.0790. The van der Waals surface area contributed by atoms with Crippen molar-refractivity contribution in [1.29, 1.82) is 0 Å². The maximum atomic E-state index is 12.5. The molecular weight excluding hydrogens is 470 g/mol. The lowest BCUT2D eigenvalue weighted by atomic mass is 10.1. The summed E-state index contributed by atoms with van der Waals surface area (Å²) in [6, 6.07) is 11.0. The molecule has 0 saturated carbocycles. The van der Waals surface area contributed by atoms with E-state index in [1.54, 1.807) is 41.2 Å². The van der Waals surface area contributed by atoms with Crippen LogP contribution in [0.5, 0.6) is 0 Å². The Bertz CT molecular complexity index is 1260. The van der Waals surface area contributed by atoms with Crippen LogP contribution in [0.3, 0.4) is 0 Å². The second-order valence-electron chi connectivity index (χ2n) is 7.60. The number of urea groups is 1. The van der Waals surface area contributed by atoms with Gasteiger partial charge in [0.15, 0.2) is 11.8 Å². The van der Waals surface area contributed by atoms with Gasteiger partial charge in [0.1, 0.15) is 0 Å². The Morgan fingerprint density at radius 1 is 1.00 bits per heavy atom. The molecule has 0 aliphatic rings. The van der Waals surface area contributed by atoms with Crippen LogP contribution in [-0.2, 0) is 21.4 Å². The first-order valence-electron chi connectivity index (χ1n) is 10.6. The van der Waals surface area contributed by atoms with Crippen molar-refractivity contribution in [1.82, 2.24) is 14.9 Å². The predicted octanol–water partition coefficient (Wildman–Crippen LogP) is 3.27. The number of carbonyl (C=O) groups is 4. The predicted molar refractivity (Wildman–Crippen MR) is 132 cm³/mol. The number of imide groups is 1. The number of thioether (sulfide) groups is 1. The number of nitrogens with zero attached hydrogens (tertiary/aromatic N) is 2. The van der Waals surface area contributed by atoms with E-state index in [1.165, 1.54) is 17.8 Å². The molecule has 0 saturated heterocycles. The molecule has 0 atom stereocenters. The summed E-state index contributed by atoms with van der Waals surface area (Å²) in [6.07, 6.45) is 3.41. The standard InChI is InChI=1S/C24H25N5O5S/c1-15-8-9-18(16(2)12-15)27-23(33)28-20(30)13-34-22(32)17-6-4-5-7-19(17)26-21(31)14-35-24-25-10-11-29(24)3/h4-12H,13-14H2,1-3H3,(H,26,31)(H2,27,28,30,33). The van der Waals surface area contributed by atoms with Crippen LogP contribution in [0.25, 0.3) is 0 Å². The molecule has 0 aliphatic carbocycles. The quantitative estimate of drug-likeness (QED) is 0.323. The number of amides is 4. The van der Waals surface area contributed by atoms with E-state index in [-0.39, 0.29) is 22.9 Å². The number of para-hydroxylation sites is 1. The average Bonchev–Trinajstić information content (AvgIpc) is 3.23. The first kappa shape index (κ1) is 25.5. The molecule has 10 nitrogen and oxygen atoms in total. The summed E-state index contributed by atoms with van der Waals surface area (Å²) in [5, 5.41) is 8.04. The summed E-state index contributed by atoms with van der Waals surface area (Å²) in [5.41, 5.74) is 2.77. The molecule has 0 radical (unpaired) electrons. The Morgan fingerprint density at radius 2 is 1.77 bits per heavy atom. The highest BCUT2D eigenvalue weighted by atomic mass is 32.2. The fraction of sp³-hybridized carbons (Fsp3) is 0.208. The van der Waals surface area contributed by atoms with Gasteiger partial charge in [0.2, 0.25) is 5.91 Å². The molecule has 0 spiro atoms. The van der Waals surface area contributed by atoms with E-state index in [2.05, 4.69) is 20.9 Å². The second-order valence-corrected chi connectivity index (χ2v) is 8.54. The number of ether oxygens (including phenoxy) is 1. The van der Waals surface area contributed by atoms with Crippen LogP contribution in [0, 0.1) is 13.8 Å². The van der Waals surface area contributed by atoms with Gasteiger partial charge in [-0.1, -0.05) is 41.6 Å². The molecule has 11 heteroatoms. The van der Waals surface area contributed by atoms with E-state index >= 15 is 0 Å². The van der Waals surface area contributed by atoms with Crippen molar-refractivity contribution in [2.24, 2.45) is 7.05 Å². The largest absolute Gasteiger partial charge is 0.452 e. The van der Waals surface area contributed by atoms with E-state index in [0.717, 1.165) is 11.1 Å². The Morgan fingerprint density at radius 3 is 2.49 bits per heavy atom. The SMILES string of the molecule is Cc1ccc(NC(=O)NC(=O)COC(=O)c2ccccc2NC(=O)CSc2nccn2C)c(C)c1. The van der Waals surface area contributed by atoms with Crippen LogP contribution in [-0.4, -0.2) is 45.7 Å². The number of anilines is 2. The molecule has 3 N–H and O–H groups in total. The Hall–Kier alpha value is -4.12. The lowest BCUT2D eigenvalue weighted by Crippen LogP contribution is -2.37. The number of aromatic nitrogens is 2. The zero-order valence-electron chi connectivity index (χ0n) is 19.5. The highest BCUT2D eigenvalue weighted by molar-refractivity contribution is 7.99. The molecule has 0 unspecified atom stereocenters. The van der Waals surface area contributed by atoms with E-state index in [9.17, 15) is 19.2 Å². The molecule has 1 aromatic heterocycles. The van der Waals surface area contributed by atoms with Gasteiger partial charge in [-0.25, -0.2) is 14.6 Å². The van der Waals surface area contributed by atoms with Gasteiger partial charge >= 0.3 is 12.0 Å². The molecule has 182 valence electrons. The molecular formula is C24H25N5O5S. The molecule has 0 bridgehead atoms. The number of imidazole rings is 1. The van der Waals surface area contributed by atoms with Gasteiger partial charge in [0.25, 0.3) is 5.91 Å². The number of hydrogen-bond donors (Lipinski definition) is 3. The number of benzene rings is 2. The van der Waals surface area contributed by atoms with Crippen molar-refractivity contribution < 1.29 is 23.9 Å². The monoisotopic (exact) mass is 495 g/mol. The van der Waals surface area contributed by atoms with Crippen molar-refractivity contribution in [3.05, 3.63) is 71.5 Å². The second kappa shape index (κ2) is 11.8. The van der Waals surface area contributed by atoms with Crippen LogP contribution in [0.15, 0.2) is 60.0 Å². The molecule has 4 amide bonds. The minimum Gasteiger partial charge on any atom is -0.452 e. The van der Waals surface area contributed by atoms with Gasteiger partial charge < -0.3 is 19.9 Å². The number of rotatable bonds is 8. The van der Waals surface area contributed by atoms with Gasteiger partial charge in [-0.2, -0.15) is 0 Å². The fourth-order valence-corrected chi connectivity index (χ4v) is 3.79. The van der Waals surface area contributed by atoms with E-state index < -0.39 is 24.5 Å². The Kier molecular flexibility index (Phi) is 8.63. The highest BCUT2D eigenvalue weighted by Gasteiger charge is 2.17. The van der Waals surface area contributed by atoms with Gasteiger partial charge in [0, 0.05) is 25.1 Å². The van der Waals surface area contributed by atoms with Crippen molar-refractivity contribution in [2.45, 2.75) is 19.0 Å². The van der Waals surface area contributed by atoms with Crippen LogP contribution >= 0.6 is 11.8 Å². The van der Waals surface area contributed by atoms with Crippen LogP contribution in [0.4, 0.5) is 16.2 Å². The third-order valence-corrected chi connectivity index (χ3v) is 5.81. The van der Waals surface area contributed by atoms with Gasteiger partial charge in [-0.05, 0) is 37.6 Å². The van der Waals surface area contributed by atoms with E-state index in [4.69, 9.17) is 4.74 Å². The Labute approximate surface area is 206 Å². The number of nitrogens with one attached hydrogen (secondary N) is 3. The maximum Gasteiger partial charge on any atom is 0.340 e. The third-order valence-electron chi connectivity index (χ3n) is 4.75. The topological polar surface area (TPSA) is 131 Å². The molecule has 2 aromatic carbocycles. The number of aryl methyl sites for hydroxylation is 3. The summed E-state index contributed by atoms with van der Waals surface area (Å²) in [7, 11) is 1.82. The van der Waals surface area contributed by atoms with Crippen molar-refractivity contribution in [2.75, 3.05) is 23.0 Å². The molecule has 3 rings (SSSR count). The van der Waals surface area contributed by atoms with Crippen LogP contribution in [0.1, 0.15) is 21.5 Å². The average molecular weight is 496 g/mol. The number of hydrogen-bond acceptors (Lipinski definition) is 7. The van der Waals surface area contributed by atoms with E-state index in [0.29, 0.717) is 10.8 Å². The minimum atomic E-state index is -0.817. The smallest absolute Gasteiger partial charge is 0.340 e. The lowest BCUT2D eigenvalue weighted by molar-refractivity contribution is -0.123. The van der Waals surface area contributed by atoms with Crippen LogP contribution in [0.2, 0.25) is 0 Å². The van der Waals surface area contributed by atoms with Gasteiger partial charge in [-0.3, -0.25) is 14.9 Å². The number of esters is 1. The van der Waals surface area contributed by atoms with E-state index in [1.807, 2.05) is 33.0 Å². The van der Waals surface area contributed by atoms with Crippen molar-refractivity contribution in [3.63, 3.8) is 0 Å². The fourth-order valence-electron chi connectivity index (χ4n) is 3.06. The molecule has 0 fully saturated rings. The van der Waals surface area contributed by atoms with Gasteiger partial charge in [-0.15, -0.1) is 0 Å². The lowest BCUT2D eigenvalue weighted by Gasteiger charge is -2.12. The van der Waals surface area contributed by atoms with Crippen molar-refractivity contribution in [3.8, 4) is 0 Å². The van der Waals surface area contributed by atoms with Crippen LogP contribution < -0.4 is 16.0 Å². The first-order valence-corrected chi connectivity index (χ1v) is 11.6. The Balaban J connectivity index is 1.50. The first-order chi connectivity index (χ1) is 16.7. The number of carbonyl (C=O) groups excluding carboxylic acids is 4. The van der Waals surface area contributed by atoms with Gasteiger partial charge in [0.05, 0.1) is 17.0 Å². The third kappa shape index (κ3) is 7.44. The zero-order chi connectivity index (χ0) is 25.4. The molecule has 1 heterocycles. The van der Waals surface area contributed by atoms with Crippen molar-refractivity contribution >= 4 is 47.0 Å². The molecule has 0 aliphatic heterocycles. The summed E-state index contributed by atoms with van der Waals surface area (Å²) < 4.78 is 6.82. The highest BCUT2D eigenvalue weighted by Crippen LogP contribution is 2.19. The normalized spacial score (nSPS) is 10.4. The molecule has 3 aromatic rings. The zero-order valence-corrected chi connectivity index (χ0v) is 20.3. The summed E-state index contributed by atoms with van der Waals surface area (Å²) in [6.45, 7) is 3.09. The summed E-state index contributed by atoms with van der Waals surface area (Å²) in [5.74, 6) is -1.86. The molecule has 35 heavy (non-hydrogen) atoms.